The van der Waals surface area contributed by atoms with Gasteiger partial charge in [0.15, 0.2) is 0 Å². The molecule has 0 saturated heterocycles. The molecular formula is C21H29NO. The Morgan fingerprint density at radius 3 is 2.17 bits per heavy atom. The Morgan fingerprint density at radius 2 is 1.57 bits per heavy atom. The van der Waals surface area contributed by atoms with Crippen molar-refractivity contribution in [2.45, 2.75) is 59.2 Å². The van der Waals surface area contributed by atoms with E-state index in [0.717, 1.165) is 18.8 Å². The van der Waals surface area contributed by atoms with E-state index in [9.17, 15) is 0 Å². The molecule has 0 amide bonds. The summed E-state index contributed by atoms with van der Waals surface area (Å²) in [6.45, 7) is 12.5. The fourth-order valence-electron chi connectivity index (χ4n) is 2.47. The molecule has 0 atom stereocenters. The van der Waals surface area contributed by atoms with E-state index in [1.807, 2.05) is 26.0 Å². The summed E-state index contributed by atoms with van der Waals surface area (Å²) < 4.78 is 5.74. The Kier molecular flexibility index (Phi) is 5.84. The van der Waals surface area contributed by atoms with Crippen LogP contribution in [-0.4, -0.2) is 6.10 Å². The molecule has 0 aromatic heterocycles. The summed E-state index contributed by atoms with van der Waals surface area (Å²) in [5.41, 5.74) is 4.14. The Labute approximate surface area is 140 Å². The summed E-state index contributed by atoms with van der Waals surface area (Å²) in [7, 11) is 0. The van der Waals surface area contributed by atoms with Crippen LogP contribution in [0.15, 0.2) is 48.5 Å². The van der Waals surface area contributed by atoms with Gasteiger partial charge in [-0.15, -0.1) is 0 Å². The highest BCUT2D eigenvalue weighted by molar-refractivity contribution is 5.29. The highest BCUT2D eigenvalue weighted by atomic mass is 16.5. The molecule has 0 fully saturated rings. The van der Waals surface area contributed by atoms with Crippen molar-refractivity contribution in [2.24, 2.45) is 0 Å². The first-order valence-corrected chi connectivity index (χ1v) is 8.40. The Hall–Kier alpha value is -1.80. The monoisotopic (exact) mass is 311 g/mol. The van der Waals surface area contributed by atoms with Crippen LogP contribution in [0.3, 0.4) is 0 Å². The Bertz CT molecular complexity index is 608. The summed E-state index contributed by atoms with van der Waals surface area (Å²) in [6.07, 6.45) is 0.208. The van der Waals surface area contributed by atoms with Crippen molar-refractivity contribution in [3.05, 3.63) is 65.2 Å². The van der Waals surface area contributed by atoms with Gasteiger partial charge in [0, 0.05) is 13.1 Å². The second-order valence-electron chi connectivity index (χ2n) is 7.36. The maximum atomic E-state index is 5.74. The molecule has 0 bridgehead atoms. The fraction of sp³-hybridized carbons (Fsp3) is 0.429. The maximum Gasteiger partial charge on any atom is 0.120 e. The van der Waals surface area contributed by atoms with Crippen LogP contribution in [0.4, 0.5) is 0 Å². The average Bonchev–Trinajstić information content (AvgIpc) is 2.46. The van der Waals surface area contributed by atoms with Gasteiger partial charge in [-0.25, -0.2) is 0 Å². The van der Waals surface area contributed by atoms with Crippen molar-refractivity contribution in [1.29, 1.82) is 0 Å². The second-order valence-corrected chi connectivity index (χ2v) is 7.36. The highest BCUT2D eigenvalue weighted by Crippen LogP contribution is 2.22. The summed E-state index contributed by atoms with van der Waals surface area (Å²) in [5, 5.41) is 3.50. The zero-order valence-corrected chi connectivity index (χ0v) is 15.0. The molecule has 2 aromatic carbocycles. The largest absolute Gasteiger partial charge is 0.491 e. The predicted octanol–water partition coefficient (Wildman–Crippen LogP) is 5.06. The van der Waals surface area contributed by atoms with Crippen LogP contribution >= 0.6 is 0 Å². The molecule has 23 heavy (non-hydrogen) atoms. The SMILES string of the molecule is CC(C)Oc1cccc(CNCc2ccc(C(C)(C)C)cc2)c1. The van der Waals surface area contributed by atoms with Crippen molar-refractivity contribution in [3.8, 4) is 5.75 Å². The molecule has 0 heterocycles. The zero-order chi connectivity index (χ0) is 16.9. The van der Waals surface area contributed by atoms with Crippen LogP contribution in [0.5, 0.6) is 5.75 Å². The first-order valence-electron chi connectivity index (χ1n) is 8.40. The van der Waals surface area contributed by atoms with Crippen LogP contribution in [0.25, 0.3) is 0 Å². The van der Waals surface area contributed by atoms with E-state index in [1.54, 1.807) is 0 Å². The van der Waals surface area contributed by atoms with Crippen LogP contribution in [0, 0.1) is 0 Å². The lowest BCUT2D eigenvalue weighted by molar-refractivity contribution is 0.242. The fourth-order valence-corrected chi connectivity index (χ4v) is 2.47. The van der Waals surface area contributed by atoms with Gasteiger partial charge in [-0.1, -0.05) is 57.2 Å². The maximum absolute atomic E-state index is 5.74. The zero-order valence-electron chi connectivity index (χ0n) is 15.0. The normalized spacial score (nSPS) is 11.7. The lowest BCUT2D eigenvalue weighted by Gasteiger charge is -2.19. The van der Waals surface area contributed by atoms with Gasteiger partial charge in [-0.3, -0.25) is 0 Å². The molecule has 0 aliphatic rings. The summed E-state index contributed by atoms with van der Waals surface area (Å²) in [6, 6.07) is 17.2. The van der Waals surface area contributed by atoms with E-state index >= 15 is 0 Å². The van der Waals surface area contributed by atoms with E-state index in [4.69, 9.17) is 4.74 Å². The van der Waals surface area contributed by atoms with Gasteiger partial charge in [-0.05, 0) is 48.1 Å². The van der Waals surface area contributed by atoms with Gasteiger partial charge in [0.05, 0.1) is 6.10 Å². The third kappa shape index (κ3) is 5.72. The van der Waals surface area contributed by atoms with E-state index in [2.05, 4.69) is 62.5 Å². The first-order chi connectivity index (χ1) is 10.8. The molecule has 0 spiro atoms. The Morgan fingerprint density at radius 1 is 0.913 bits per heavy atom. The quantitative estimate of drug-likeness (QED) is 0.805. The van der Waals surface area contributed by atoms with Gasteiger partial charge >= 0.3 is 0 Å². The summed E-state index contributed by atoms with van der Waals surface area (Å²) >= 11 is 0. The van der Waals surface area contributed by atoms with Crippen LogP contribution in [0.2, 0.25) is 0 Å². The second kappa shape index (κ2) is 7.65. The molecule has 0 aliphatic heterocycles. The third-order valence-corrected chi connectivity index (χ3v) is 3.75. The minimum atomic E-state index is 0.208. The molecule has 0 radical (unpaired) electrons. The molecule has 2 heteroatoms. The number of hydrogen-bond donors (Lipinski definition) is 1. The van der Waals surface area contributed by atoms with Crippen molar-refractivity contribution in [2.75, 3.05) is 0 Å². The average molecular weight is 311 g/mol. The van der Waals surface area contributed by atoms with Gasteiger partial charge in [-0.2, -0.15) is 0 Å². The minimum absolute atomic E-state index is 0.208. The van der Waals surface area contributed by atoms with Crippen molar-refractivity contribution in [3.63, 3.8) is 0 Å². The molecule has 2 rings (SSSR count). The molecule has 0 saturated carbocycles. The van der Waals surface area contributed by atoms with Crippen molar-refractivity contribution < 1.29 is 4.74 Å². The topological polar surface area (TPSA) is 21.3 Å². The number of hydrogen-bond acceptors (Lipinski definition) is 2. The number of rotatable bonds is 6. The Balaban J connectivity index is 1.87. The molecule has 2 aromatic rings. The highest BCUT2D eigenvalue weighted by Gasteiger charge is 2.12. The first kappa shape index (κ1) is 17.6. The smallest absolute Gasteiger partial charge is 0.120 e. The van der Waals surface area contributed by atoms with E-state index in [1.165, 1.54) is 16.7 Å². The van der Waals surface area contributed by atoms with Crippen molar-refractivity contribution in [1.82, 2.24) is 5.32 Å². The molecule has 1 N–H and O–H groups in total. The minimum Gasteiger partial charge on any atom is -0.491 e. The van der Waals surface area contributed by atoms with Gasteiger partial charge in [0.25, 0.3) is 0 Å². The van der Waals surface area contributed by atoms with Crippen molar-refractivity contribution >= 4 is 0 Å². The van der Waals surface area contributed by atoms with Gasteiger partial charge in [0.1, 0.15) is 5.75 Å². The summed E-state index contributed by atoms with van der Waals surface area (Å²) in [5.74, 6) is 0.939. The molecule has 0 aliphatic carbocycles. The number of benzene rings is 2. The van der Waals surface area contributed by atoms with Crippen LogP contribution < -0.4 is 10.1 Å². The lowest BCUT2D eigenvalue weighted by Crippen LogP contribution is -2.14. The predicted molar refractivity (Wildman–Crippen MR) is 97.9 cm³/mol. The third-order valence-electron chi connectivity index (χ3n) is 3.75. The summed E-state index contributed by atoms with van der Waals surface area (Å²) in [4.78, 5) is 0. The van der Waals surface area contributed by atoms with E-state index < -0.39 is 0 Å². The standard InChI is InChI=1S/C21H29NO/c1-16(2)23-20-8-6-7-18(13-20)15-22-14-17-9-11-19(12-10-17)21(3,4)5/h6-13,16,22H,14-15H2,1-5H3. The molecule has 0 unspecified atom stereocenters. The molecule has 2 nitrogen and oxygen atoms in total. The van der Waals surface area contributed by atoms with Crippen LogP contribution in [0.1, 0.15) is 51.3 Å². The lowest BCUT2D eigenvalue weighted by atomic mass is 9.87. The molecular weight excluding hydrogens is 282 g/mol. The van der Waals surface area contributed by atoms with Gasteiger partial charge < -0.3 is 10.1 Å². The van der Waals surface area contributed by atoms with Crippen LogP contribution in [-0.2, 0) is 18.5 Å². The molecule has 124 valence electrons. The van der Waals surface area contributed by atoms with Gasteiger partial charge in [0.2, 0.25) is 0 Å². The van der Waals surface area contributed by atoms with E-state index in [0.29, 0.717) is 0 Å². The number of nitrogens with one attached hydrogen (secondary N) is 1. The number of ether oxygens (including phenoxy) is 1. The van der Waals surface area contributed by atoms with E-state index in [-0.39, 0.29) is 11.5 Å².